The van der Waals surface area contributed by atoms with Gasteiger partial charge in [-0.15, -0.1) is 0 Å². The minimum Gasteiger partial charge on any atom is -0.315 e. The van der Waals surface area contributed by atoms with E-state index >= 15 is 0 Å². The summed E-state index contributed by atoms with van der Waals surface area (Å²) >= 11 is 10.7. The highest BCUT2D eigenvalue weighted by Crippen LogP contribution is 2.34. The highest BCUT2D eigenvalue weighted by atomic mass is 127. The van der Waals surface area contributed by atoms with Gasteiger partial charge in [0, 0.05) is 25.8 Å². The number of rotatable bonds is 2. The van der Waals surface area contributed by atoms with Crippen molar-refractivity contribution in [2.45, 2.75) is 0 Å². The number of anilines is 1. The van der Waals surface area contributed by atoms with Gasteiger partial charge in [-0.25, -0.2) is 0 Å². The van der Waals surface area contributed by atoms with Gasteiger partial charge in [0.2, 0.25) is 0 Å². The van der Waals surface area contributed by atoms with Crippen LogP contribution in [0.25, 0.3) is 0 Å². The summed E-state index contributed by atoms with van der Waals surface area (Å²) in [6, 6.07) is 3.08. The predicted octanol–water partition coefficient (Wildman–Crippen LogP) is 3.57. The molecular weight excluding hydrogens is 374 g/mol. The van der Waals surface area contributed by atoms with E-state index in [1.54, 1.807) is 6.07 Å². The van der Waals surface area contributed by atoms with E-state index in [9.17, 15) is 10.1 Å². The fourth-order valence-corrected chi connectivity index (χ4v) is 2.38. The summed E-state index contributed by atoms with van der Waals surface area (Å²) in [6.07, 6.45) is 0. The molecule has 0 bridgehead atoms. The van der Waals surface area contributed by atoms with Crippen LogP contribution in [0.15, 0.2) is 12.1 Å². The number of nitro groups is 1. The molecule has 0 amide bonds. The summed E-state index contributed by atoms with van der Waals surface area (Å²) < 4.78 is 3.23. The SMILES string of the molecule is O=[N+]([O-])c1cc(I)cc(Cl)c1NBr. The molecule has 1 aromatic carbocycles. The lowest BCUT2D eigenvalue weighted by molar-refractivity contribution is -0.383. The molecular formula is C6H3BrClIN2O2. The van der Waals surface area contributed by atoms with Gasteiger partial charge in [-0.2, -0.15) is 0 Å². The predicted molar refractivity (Wildman–Crippen MR) is 63.4 cm³/mol. The van der Waals surface area contributed by atoms with Crippen LogP contribution in [-0.4, -0.2) is 4.92 Å². The molecule has 0 unspecified atom stereocenters. The Hall–Kier alpha value is -0.0800. The molecule has 1 rings (SSSR count). The Bertz CT molecular complexity index is 361. The van der Waals surface area contributed by atoms with Crippen LogP contribution < -0.4 is 4.34 Å². The third-order valence-electron chi connectivity index (χ3n) is 1.33. The van der Waals surface area contributed by atoms with E-state index in [0.29, 0.717) is 5.02 Å². The lowest BCUT2D eigenvalue weighted by Gasteiger charge is -2.03. The summed E-state index contributed by atoms with van der Waals surface area (Å²) in [5, 5.41) is 10.9. The lowest BCUT2D eigenvalue weighted by Crippen LogP contribution is -1.94. The number of hydrogen-bond acceptors (Lipinski definition) is 3. The van der Waals surface area contributed by atoms with Crippen LogP contribution >= 0.6 is 50.3 Å². The minimum absolute atomic E-state index is 0.0474. The number of benzene rings is 1. The summed E-state index contributed by atoms with van der Waals surface area (Å²) in [6.45, 7) is 0. The second-order valence-corrected chi connectivity index (χ2v) is 4.18. The molecule has 0 aliphatic rings. The number of nitro benzene ring substituents is 1. The zero-order valence-electron chi connectivity index (χ0n) is 6.05. The van der Waals surface area contributed by atoms with Gasteiger partial charge in [-0.1, -0.05) is 11.6 Å². The standard InChI is InChI=1S/C6H3BrClIN2O2/c7-10-6-4(8)1-3(9)2-5(6)11(12)13/h1-2,10H. The van der Waals surface area contributed by atoms with Crippen molar-refractivity contribution in [1.82, 2.24) is 0 Å². The Balaban J connectivity index is 3.38. The Morgan fingerprint density at radius 3 is 2.69 bits per heavy atom. The van der Waals surface area contributed by atoms with Crippen LogP contribution in [0.4, 0.5) is 11.4 Å². The molecule has 0 saturated heterocycles. The van der Waals surface area contributed by atoms with Gasteiger partial charge in [-0.05, 0) is 28.7 Å². The van der Waals surface area contributed by atoms with Gasteiger partial charge in [-0.3, -0.25) is 10.1 Å². The monoisotopic (exact) mass is 376 g/mol. The molecule has 0 saturated carbocycles. The molecule has 0 aliphatic carbocycles. The topological polar surface area (TPSA) is 55.2 Å². The average molecular weight is 377 g/mol. The van der Waals surface area contributed by atoms with Crippen molar-refractivity contribution in [1.29, 1.82) is 0 Å². The van der Waals surface area contributed by atoms with Crippen LogP contribution in [-0.2, 0) is 0 Å². The van der Waals surface area contributed by atoms with Crippen LogP contribution in [0.3, 0.4) is 0 Å². The second kappa shape index (κ2) is 4.43. The first-order valence-electron chi connectivity index (χ1n) is 3.06. The van der Waals surface area contributed by atoms with Gasteiger partial charge in [0.05, 0.1) is 9.95 Å². The first-order chi connectivity index (χ1) is 6.06. The number of nitrogens with zero attached hydrogens (tertiary/aromatic N) is 1. The van der Waals surface area contributed by atoms with Crippen LogP contribution in [0.2, 0.25) is 5.02 Å². The van der Waals surface area contributed by atoms with Gasteiger partial charge in [0.15, 0.2) is 0 Å². The molecule has 70 valence electrons. The van der Waals surface area contributed by atoms with E-state index in [1.807, 2.05) is 22.6 Å². The van der Waals surface area contributed by atoms with E-state index in [0.717, 1.165) is 3.57 Å². The molecule has 1 aromatic rings. The molecule has 1 N–H and O–H groups in total. The van der Waals surface area contributed by atoms with Crippen LogP contribution in [0.1, 0.15) is 0 Å². The van der Waals surface area contributed by atoms with Crippen molar-refractivity contribution in [3.8, 4) is 0 Å². The van der Waals surface area contributed by atoms with E-state index < -0.39 is 4.92 Å². The Morgan fingerprint density at radius 1 is 1.62 bits per heavy atom. The third kappa shape index (κ3) is 2.44. The number of hydrogen-bond donors (Lipinski definition) is 1. The fraction of sp³-hybridized carbons (Fsp3) is 0. The summed E-state index contributed by atoms with van der Waals surface area (Å²) in [7, 11) is 0. The number of halogens is 3. The van der Waals surface area contributed by atoms with Crippen molar-refractivity contribution in [2.24, 2.45) is 0 Å². The highest BCUT2D eigenvalue weighted by Gasteiger charge is 2.17. The van der Waals surface area contributed by atoms with Gasteiger partial charge in [0.1, 0.15) is 5.69 Å². The normalized spacial score (nSPS) is 9.77. The Labute approximate surface area is 101 Å². The molecule has 0 spiro atoms. The maximum Gasteiger partial charge on any atom is 0.295 e. The molecule has 0 fully saturated rings. The Kier molecular flexibility index (Phi) is 3.74. The molecule has 0 aliphatic heterocycles. The average Bonchev–Trinajstić information content (AvgIpc) is 2.02. The molecule has 13 heavy (non-hydrogen) atoms. The molecule has 4 nitrogen and oxygen atoms in total. The maximum atomic E-state index is 10.6. The van der Waals surface area contributed by atoms with E-state index in [-0.39, 0.29) is 11.4 Å². The molecule has 0 radical (unpaired) electrons. The quantitative estimate of drug-likeness (QED) is 0.371. The summed E-state index contributed by atoms with van der Waals surface area (Å²) in [5.41, 5.74) is 0.223. The van der Waals surface area contributed by atoms with Crippen molar-refractivity contribution in [3.63, 3.8) is 0 Å². The van der Waals surface area contributed by atoms with Gasteiger partial charge < -0.3 is 4.34 Å². The first-order valence-corrected chi connectivity index (χ1v) is 5.31. The zero-order chi connectivity index (χ0) is 10.0. The molecule has 0 heterocycles. The van der Waals surface area contributed by atoms with Gasteiger partial charge in [0.25, 0.3) is 5.69 Å². The van der Waals surface area contributed by atoms with E-state index in [2.05, 4.69) is 20.5 Å². The number of nitrogens with one attached hydrogen (secondary N) is 1. The van der Waals surface area contributed by atoms with Crippen LogP contribution in [0.5, 0.6) is 0 Å². The van der Waals surface area contributed by atoms with Crippen molar-refractivity contribution >= 4 is 61.7 Å². The van der Waals surface area contributed by atoms with Gasteiger partial charge >= 0.3 is 0 Å². The fourth-order valence-electron chi connectivity index (χ4n) is 0.798. The Morgan fingerprint density at radius 2 is 2.23 bits per heavy atom. The largest absolute Gasteiger partial charge is 0.315 e. The lowest BCUT2D eigenvalue weighted by atomic mass is 10.3. The summed E-state index contributed by atoms with van der Waals surface area (Å²) in [5.74, 6) is 0. The smallest absolute Gasteiger partial charge is 0.295 e. The second-order valence-electron chi connectivity index (χ2n) is 2.13. The van der Waals surface area contributed by atoms with Crippen molar-refractivity contribution < 1.29 is 4.92 Å². The minimum atomic E-state index is -0.488. The van der Waals surface area contributed by atoms with Crippen LogP contribution in [0, 0.1) is 13.7 Å². The summed E-state index contributed by atoms with van der Waals surface area (Å²) in [4.78, 5) is 10.1. The maximum absolute atomic E-state index is 10.6. The van der Waals surface area contributed by atoms with Crippen molar-refractivity contribution in [3.05, 3.63) is 30.8 Å². The van der Waals surface area contributed by atoms with Crippen molar-refractivity contribution in [2.75, 3.05) is 4.34 Å². The highest BCUT2D eigenvalue weighted by molar-refractivity contribution is 14.1. The molecule has 7 heteroatoms. The molecule has 0 aromatic heterocycles. The van der Waals surface area contributed by atoms with E-state index in [1.165, 1.54) is 6.07 Å². The van der Waals surface area contributed by atoms with E-state index in [4.69, 9.17) is 11.6 Å². The third-order valence-corrected chi connectivity index (χ3v) is 2.64. The molecule has 0 atom stereocenters. The zero-order valence-corrected chi connectivity index (χ0v) is 10.6. The first kappa shape index (κ1) is 11.0.